The highest BCUT2D eigenvalue weighted by molar-refractivity contribution is 6.33. The quantitative estimate of drug-likeness (QED) is 0.155. The number of benzene rings is 3. The summed E-state index contributed by atoms with van der Waals surface area (Å²) in [7, 11) is 0. The van der Waals surface area contributed by atoms with E-state index in [0.717, 1.165) is 0 Å². The first-order valence-electron chi connectivity index (χ1n) is 11.3. The second-order valence-corrected chi connectivity index (χ2v) is 8.50. The standard InChI is InChI=1S/C27H23ClF3N5O2/c1-17(32)24(36-35-20-7-3-2-4-8-20)16-38-26(37)19-13-11-18(12-14-19)23(15-25(33)27(29,30)31)34-22-10-6-5-9-21(22)28/h2-14,24,32-33H,15-16H2,1H3. The molecule has 0 saturated heterocycles. The maximum Gasteiger partial charge on any atom is 0.429 e. The summed E-state index contributed by atoms with van der Waals surface area (Å²) in [5.74, 6) is -0.703. The fourth-order valence-corrected chi connectivity index (χ4v) is 3.25. The van der Waals surface area contributed by atoms with Crippen molar-refractivity contribution in [3.63, 3.8) is 0 Å². The van der Waals surface area contributed by atoms with Gasteiger partial charge in [0, 0.05) is 12.1 Å². The number of azo groups is 1. The number of halogens is 4. The van der Waals surface area contributed by atoms with Crippen LogP contribution in [0.5, 0.6) is 0 Å². The van der Waals surface area contributed by atoms with Gasteiger partial charge in [-0.3, -0.25) is 4.99 Å². The second kappa shape index (κ2) is 12.9. The van der Waals surface area contributed by atoms with Gasteiger partial charge in [0.15, 0.2) is 0 Å². The molecular weight excluding hydrogens is 519 g/mol. The van der Waals surface area contributed by atoms with Gasteiger partial charge in [0.05, 0.1) is 27.7 Å². The third-order valence-corrected chi connectivity index (χ3v) is 5.51. The highest BCUT2D eigenvalue weighted by Gasteiger charge is 2.35. The minimum absolute atomic E-state index is 0.0406. The van der Waals surface area contributed by atoms with Gasteiger partial charge in [-0.1, -0.05) is 54.1 Å². The Labute approximate surface area is 222 Å². The lowest BCUT2D eigenvalue weighted by Gasteiger charge is -2.13. The van der Waals surface area contributed by atoms with E-state index in [4.69, 9.17) is 27.2 Å². The molecule has 1 unspecified atom stereocenters. The molecule has 3 aromatic rings. The van der Waals surface area contributed by atoms with Crippen LogP contribution < -0.4 is 0 Å². The molecule has 38 heavy (non-hydrogen) atoms. The highest BCUT2D eigenvalue weighted by atomic mass is 35.5. The first kappa shape index (κ1) is 28.4. The molecule has 0 spiro atoms. The molecule has 0 aliphatic heterocycles. The third-order valence-electron chi connectivity index (χ3n) is 5.19. The van der Waals surface area contributed by atoms with Crippen LogP contribution in [0.4, 0.5) is 24.5 Å². The summed E-state index contributed by atoms with van der Waals surface area (Å²) >= 11 is 6.12. The van der Waals surface area contributed by atoms with Crippen LogP contribution in [0.3, 0.4) is 0 Å². The number of hydrogen-bond acceptors (Lipinski definition) is 7. The summed E-state index contributed by atoms with van der Waals surface area (Å²) in [6, 6.07) is 20.1. The zero-order valence-electron chi connectivity index (χ0n) is 20.2. The molecule has 0 aromatic heterocycles. The lowest BCUT2D eigenvalue weighted by molar-refractivity contribution is -0.0605. The van der Waals surface area contributed by atoms with Gasteiger partial charge < -0.3 is 15.6 Å². The fraction of sp³-hybridized carbons (Fsp3) is 0.185. The Hall–Kier alpha value is -4.18. The number of carbonyl (C=O) groups excluding carboxylic acids is 1. The van der Waals surface area contributed by atoms with Crippen LogP contribution in [0, 0.1) is 10.8 Å². The Bertz CT molecular complexity index is 1360. The average molecular weight is 542 g/mol. The summed E-state index contributed by atoms with van der Waals surface area (Å²) in [5, 5.41) is 23.7. The number of para-hydroxylation sites is 1. The van der Waals surface area contributed by atoms with Crippen LogP contribution in [0.1, 0.15) is 29.3 Å². The van der Waals surface area contributed by atoms with E-state index in [-0.39, 0.29) is 39.9 Å². The van der Waals surface area contributed by atoms with E-state index in [9.17, 15) is 18.0 Å². The minimum Gasteiger partial charge on any atom is -0.459 e. The summed E-state index contributed by atoms with van der Waals surface area (Å²) in [6.07, 6.45) is -5.60. The van der Waals surface area contributed by atoms with Gasteiger partial charge in [0.1, 0.15) is 18.4 Å². The number of carbonyl (C=O) groups is 1. The topological polar surface area (TPSA) is 111 Å². The molecule has 0 amide bonds. The average Bonchev–Trinajstić information content (AvgIpc) is 2.89. The van der Waals surface area contributed by atoms with E-state index >= 15 is 0 Å². The number of nitrogens with zero attached hydrogens (tertiary/aromatic N) is 3. The molecule has 0 aliphatic rings. The Morgan fingerprint density at radius 2 is 1.55 bits per heavy atom. The SMILES string of the molecule is CC(=N)C(COC(=O)c1ccc(C(CC(=N)C(F)(F)F)=Nc2ccccc2Cl)cc1)N=Nc1ccccc1. The Balaban J connectivity index is 1.76. The Kier molecular flexibility index (Phi) is 9.61. The van der Waals surface area contributed by atoms with E-state index < -0.39 is 30.3 Å². The van der Waals surface area contributed by atoms with Crippen LogP contribution >= 0.6 is 11.6 Å². The van der Waals surface area contributed by atoms with Crippen molar-refractivity contribution in [2.24, 2.45) is 15.2 Å². The fourth-order valence-electron chi connectivity index (χ4n) is 3.07. The normalized spacial score (nSPS) is 12.8. The van der Waals surface area contributed by atoms with Crippen LogP contribution in [-0.4, -0.2) is 41.9 Å². The van der Waals surface area contributed by atoms with Crippen molar-refractivity contribution in [1.82, 2.24) is 0 Å². The molecule has 11 heteroatoms. The highest BCUT2D eigenvalue weighted by Crippen LogP contribution is 2.27. The first-order valence-corrected chi connectivity index (χ1v) is 11.7. The molecule has 7 nitrogen and oxygen atoms in total. The molecule has 196 valence electrons. The van der Waals surface area contributed by atoms with E-state index in [2.05, 4.69) is 15.2 Å². The number of hydrogen-bond donors (Lipinski definition) is 2. The molecule has 1 atom stereocenters. The van der Waals surface area contributed by atoms with E-state index in [1.54, 1.807) is 48.5 Å². The number of aliphatic imine (C=N–C) groups is 1. The van der Waals surface area contributed by atoms with Crippen LogP contribution in [-0.2, 0) is 4.74 Å². The summed E-state index contributed by atoms with van der Waals surface area (Å²) in [6.45, 7) is 1.31. The zero-order valence-corrected chi connectivity index (χ0v) is 20.9. The molecular formula is C27H23ClF3N5O2. The van der Waals surface area contributed by atoms with Crippen molar-refractivity contribution < 1.29 is 22.7 Å². The number of ether oxygens (including phenoxy) is 1. The third kappa shape index (κ3) is 8.17. The summed E-state index contributed by atoms with van der Waals surface area (Å²) in [4.78, 5) is 16.8. The second-order valence-electron chi connectivity index (χ2n) is 8.09. The van der Waals surface area contributed by atoms with Crippen LogP contribution in [0.2, 0.25) is 5.02 Å². The zero-order chi connectivity index (χ0) is 27.7. The lowest BCUT2D eigenvalue weighted by atomic mass is 10.0. The molecule has 0 heterocycles. The van der Waals surface area contributed by atoms with Crippen LogP contribution in [0.25, 0.3) is 0 Å². The Morgan fingerprint density at radius 3 is 2.16 bits per heavy atom. The molecule has 0 radical (unpaired) electrons. The molecule has 0 aliphatic carbocycles. The van der Waals surface area contributed by atoms with Gasteiger partial charge in [-0.05, 0) is 48.9 Å². The lowest BCUT2D eigenvalue weighted by Crippen LogP contribution is -2.25. The first-order chi connectivity index (χ1) is 18.0. The maximum absolute atomic E-state index is 13.1. The van der Waals surface area contributed by atoms with Gasteiger partial charge >= 0.3 is 12.1 Å². The molecule has 0 fully saturated rings. The van der Waals surface area contributed by atoms with Crippen molar-refractivity contribution in [3.8, 4) is 0 Å². The predicted molar refractivity (Wildman–Crippen MR) is 141 cm³/mol. The molecule has 3 aromatic carbocycles. The monoisotopic (exact) mass is 541 g/mol. The van der Waals surface area contributed by atoms with Gasteiger partial charge in [-0.2, -0.15) is 23.4 Å². The molecule has 3 rings (SSSR count). The van der Waals surface area contributed by atoms with Crippen molar-refractivity contribution in [3.05, 3.63) is 95.0 Å². The van der Waals surface area contributed by atoms with E-state index in [0.29, 0.717) is 5.69 Å². The Morgan fingerprint density at radius 1 is 0.947 bits per heavy atom. The van der Waals surface area contributed by atoms with Crippen molar-refractivity contribution in [1.29, 1.82) is 10.8 Å². The number of esters is 1. The van der Waals surface area contributed by atoms with E-state index in [1.807, 2.05) is 6.07 Å². The van der Waals surface area contributed by atoms with Gasteiger partial charge in [0.25, 0.3) is 0 Å². The molecule has 2 N–H and O–H groups in total. The molecule has 0 saturated carbocycles. The summed E-state index contributed by atoms with van der Waals surface area (Å²) < 4.78 is 44.5. The summed E-state index contributed by atoms with van der Waals surface area (Å²) in [5.41, 5.74) is -0.0987. The van der Waals surface area contributed by atoms with Gasteiger partial charge in [0.2, 0.25) is 0 Å². The maximum atomic E-state index is 13.1. The van der Waals surface area contributed by atoms with Gasteiger partial charge in [-0.25, -0.2) is 4.79 Å². The van der Waals surface area contributed by atoms with Crippen LogP contribution in [0.15, 0.2) is 94.1 Å². The number of rotatable bonds is 10. The largest absolute Gasteiger partial charge is 0.459 e. The van der Waals surface area contributed by atoms with Crippen molar-refractivity contribution in [2.75, 3.05) is 6.61 Å². The number of nitrogens with one attached hydrogen (secondary N) is 2. The number of alkyl halides is 3. The van der Waals surface area contributed by atoms with E-state index in [1.165, 1.54) is 31.2 Å². The molecule has 0 bridgehead atoms. The van der Waals surface area contributed by atoms with Gasteiger partial charge in [-0.15, -0.1) is 0 Å². The smallest absolute Gasteiger partial charge is 0.429 e. The van der Waals surface area contributed by atoms with Crippen molar-refractivity contribution in [2.45, 2.75) is 25.6 Å². The van der Waals surface area contributed by atoms with Crippen molar-refractivity contribution >= 4 is 46.1 Å². The predicted octanol–water partition coefficient (Wildman–Crippen LogP) is 7.78. The minimum atomic E-state index is -4.81.